The fraction of sp³-hybridized carbons (Fsp3) is 0.200. The van der Waals surface area contributed by atoms with E-state index in [1.165, 1.54) is 18.4 Å². The molecule has 2 rings (SSSR count). The zero-order valence-electron chi connectivity index (χ0n) is 12.2. The monoisotopic (exact) mass is 358 g/mol. The highest BCUT2D eigenvalue weighted by Crippen LogP contribution is 2.29. The number of hydrogen-bond acceptors (Lipinski definition) is 3. The minimum Gasteiger partial charge on any atom is -0.380 e. The average Bonchev–Trinajstić information content (AvgIpc) is 2.49. The fourth-order valence-electron chi connectivity index (χ4n) is 1.86. The van der Waals surface area contributed by atoms with Gasteiger partial charge in [0, 0.05) is 20.6 Å². The molecule has 0 radical (unpaired) electrons. The van der Waals surface area contributed by atoms with Crippen molar-refractivity contribution in [3.63, 3.8) is 0 Å². The molecule has 7 heteroatoms. The van der Waals surface area contributed by atoms with Crippen LogP contribution < -0.4 is 5.32 Å². The molecule has 0 saturated heterocycles. The van der Waals surface area contributed by atoms with Gasteiger partial charge in [0.15, 0.2) is 0 Å². The maximum absolute atomic E-state index is 12.1. The zero-order chi connectivity index (χ0) is 16.3. The summed E-state index contributed by atoms with van der Waals surface area (Å²) in [6.07, 6.45) is 0. The van der Waals surface area contributed by atoms with Gasteiger partial charge < -0.3 is 5.32 Å². The molecule has 0 fully saturated rings. The van der Waals surface area contributed by atoms with Gasteiger partial charge in [-0.2, -0.15) is 0 Å². The molecule has 0 atom stereocenters. The van der Waals surface area contributed by atoms with Crippen molar-refractivity contribution in [2.45, 2.75) is 11.4 Å². The highest BCUT2D eigenvalue weighted by molar-refractivity contribution is 7.89. The Morgan fingerprint density at radius 2 is 1.77 bits per heavy atom. The molecule has 0 aliphatic carbocycles. The predicted octanol–water partition coefficient (Wildman–Crippen LogP) is 3.86. The third-order valence-corrected chi connectivity index (χ3v) is 5.74. The third kappa shape index (κ3) is 3.73. The van der Waals surface area contributed by atoms with E-state index in [0.717, 1.165) is 5.56 Å². The minimum absolute atomic E-state index is 0.258. The van der Waals surface area contributed by atoms with Crippen molar-refractivity contribution >= 4 is 38.9 Å². The third-order valence-electron chi connectivity index (χ3n) is 3.11. The van der Waals surface area contributed by atoms with E-state index in [0.29, 0.717) is 22.3 Å². The highest BCUT2D eigenvalue weighted by Gasteiger charge is 2.17. The minimum atomic E-state index is -3.44. The molecule has 4 nitrogen and oxygen atoms in total. The second-order valence-electron chi connectivity index (χ2n) is 4.89. The second kappa shape index (κ2) is 6.87. The van der Waals surface area contributed by atoms with Gasteiger partial charge >= 0.3 is 0 Å². The van der Waals surface area contributed by atoms with Crippen LogP contribution in [0.3, 0.4) is 0 Å². The van der Waals surface area contributed by atoms with Gasteiger partial charge in [0.2, 0.25) is 10.0 Å². The molecule has 22 heavy (non-hydrogen) atoms. The van der Waals surface area contributed by atoms with Crippen LogP contribution in [0.15, 0.2) is 47.4 Å². The number of anilines is 1. The number of rotatable bonds is 5. The SMILES string of the molecule is CN(C)S(=O)(=O)c1cccc(CNc2cccc(Cl)c2Cl)c1. The smallest absolute Gasteiger partial charge is 0.242 e. The molecule has 0 spiro atoms. The summed E-state index contributed by atoms with van der Waals surface area (Å²) in [6, 6.07) is 12.1. The molecule has 2 aromatic carbocycles. The number of hydrogen-bond donors (Lipinski definition) is 1. The Hall–Kier alpha value is -1.27. The number of benzene rings is 2. The van der Waals surface area contributed by atoms with Crippen molar-refractivity contribution < 1.29 is 8.42 Å². The van der Waals surface area contributed by atoms with E-state index in [9.17, 15) is 8.42 Å². The lowest BCUT2D eigenvalue weighted by Gasteiger charge is -2.13. The number of sulfonamides is 1. The standard InChI is InChI=1S/C15H16Cl2N2O2S/c1-19(2)22(20,21)12-6-3-5-11(9-12)10-18-14-8-4-7-13(16)15(14)17/h3-9,18H,10H2,1-2H3. The Labute approximate surface area is 140 Å². The van der Waals surface area contributed by atoms with Gasteiger partial charge in [-0.3, -0.25) is 0 Å². The van der Waals surface area contributed by atoms with Crippen molar-refractivity contribution in [3.8, 4) is 0 Å². The summed E-state index contributed by atoms with van der Waals surface area (Å²) >= 11 is 12.1. The van der Waals surface area contributed by atoms with Crippen LogP contribution in [-0.4, -0.2) is 26.8 Å². The predicted molar refractivity (Wildman–Crippen MR) is 91.1 cm³/mol. The molecule has 0 unspecified atom stereocenters. The van der Waals surface area contributed by atoms with Gasteiger partial charge in [-0.1, -0.05) is 41.4 Å². The first-order valence-electron chi connectivity index (χ1n) is 6.51. The molecule has 118 valence electrons. The molecule has 0 amide bonds. The van der Waals surface area contributed by atoms with Crippen LogP contribution >= 0.6 is 23.2 Å². The molecule has 0 aliphatic rings. The van der Waals surface area contributed by atoms with Crippen LogP contribution in [0.5, 0.6) is 0 Å². The van der Waals surface area contributed by atoms with Crippen LogP contribution in [0.1, 0.15) is 5.56 Å². The Balaban J connectivity index is 2.20. The lowest BCUT2D eigenvalue weighted by Crippen LogP contribution is -2.22. The summed E-state index contributed by atoms with van der Waals surface area (Å²) in [5.74, 6) is 0. The Morgan fingerprint density at radius 1 is 1.09 bits per heavy atom. The van der Waals surface area contributed by atoms with Crippen LogP contribution in [0.25, 0.3) is 0 Å². The molecule has 2 aromatic rings. The lowest BCUT2D eigenvalue weighted by atomic mass is 10.2. The maximum atomic E-state index is 12.1. The Morgan fingerprint density at radius 3 is 2.45 bits per heavy atom. The zero-order valence-corrected chi connectivity index (χ0v) is 14.5. The quantitative estimate of drug-likeness (QED) is 0.882. The van der Waals surface area contributed by atoms with E-state index < -0.39 is 10.0 Å². The van der Waals surface area contributed by atoms with Gasteiger partial charge in [0.1, 0.15) is 0 Å². The summed E-state index contributed by atoms with van der Waals surface area (Å²) in [4.78, 5) is 0.258. The molecule has 0 bridgehead atoms. The van der Waals surface area contributed by atoms with Crippen LogP contribution in [-0.2, 0) is 16.6 Å². The fourth-order valence-corrected chi connectivity index (χ4v) is 3.20. The molecule has 0 aromatic heterocycles. The van der Waals surface area contributed by atoms with Crippen molar-refractivity contribution in [1.82, 2.24) is 4.31 Å². The van der Waals surface area contributed by atoms with E-state index in [2.05, 4.69) is 5.32 Å². The Bertz CT molecular complexity index is 777. The van der Waals surface area contributed by atoms with Crippen molar-refractivity contribution in [2.75, 3.05) is 19.4 Å². The van der Waals surface area contributed by atoms with Gasteiger partial charge in [-0.15, -0.1) is 0 Å². The van der Waals surface area contributed by atoms with Crippen molar-refractivity contribution in [2.24, 2.45) is 0 Å². The van der Waals surface area contributed by atoms with Crippen LogP contribution in [0.2, 0.25) is 10.0 Å². The first kappa shape index (κ1) is 17.1. The number of nitrogens with one attached hydrogen (secondary N) is 1. The summed E-state index contributed by atoms with van der Waals surface area (Å²) < 4.78 is 25.4. The van der Waals surface area contributed by atoms with Gasteiger partial charge in [-0.25, -0.2) is 12.7 Å². The first-order valence-corrected chi connectivity index (χ1v) is 8.71. The molecular weight excluding hydrogens is 343 g/mol. The molecule has 0 aliphatic heterocycles. The number of halogens is 2. The van der Waals surface area contributed by atoms with E-state index in [-0.39, 0.29) is 4.90 Å². The average molecular weight is 359 g/mol. The van der Waals surface area contributed by atoms with Gasteiger partial charge in [0.25, 0.3) is 0 Å². The van der Waals surface area contributed by atoms with Crippen LogP contribution in [0, 0.1) is 0 Å². The van der Waals surface area contributed by atoms with Crippen molar-refractivity contribution in [3.05, 3.63) is 58.1 Å². The van der Waals surface area contributed by atoms with Gasteiger partial charge in [0.05, 0.1) is 20.6 Å². The topological polar surface area (TPSA) is 49.4 Å². The largest absolute Gasteiger partial charge is 0.380 e. The lowest BCUT2D eigenvalue weighted by molar-refractivity contribution is 0.520. The Kier molecular flexibility index (Phi) is 5.34. The van der Waals surface area contributed by atoms with E-state index in [4.69, 9.17) is 23.2 Å². The normalized spacial score (nSPS) is 11.7. The van der Waals surface area contributed by atoms with E-state index in [1.54, 1.807) is 30.3 Å². The first-order chi connectivity index (χ1) is 10.3. The summed E-state index contributed by atoms with van der Waals surface area (Å²) in [5.41, 5.74) is 1.54. The molecular formula is C15H16Cl2N2O2S. The van der Waals surface area contributed by atoms with Crippen molar-refractivity contribution in [1.29, 1.82) is 0 Å². The summed E-state index contributed by atoms with van der Waals surface area (Å²) in [7, 11) is -0.427. The summed E-state index contributed by atoms with van der Waals surface area (Å²) in [5, 5.41) is 4.07. The van der Waals surface area contributed by atoms with Crippen LogP contribution in [0.4, 0.5) is 5.69 Å². The summed E-state index contributed by atoms with van der Waals surface area (Å²) in [6.45, 7) is 0.441. The van der Waals surface area contributed by atoms with E-state index >= 15 is 0 Å². The highest BCUT2D eigenvalue weighted by atomic mass is 35.5. The van der Waals surface area contributed by atoms with Gasteiger partial charge in [-0.05, 0) is 29.8 Å². The molecule has 0 saturated carbocycles. The van der Waals surface area contributed by atoms with E-state index in [1.807, 2.05) is 12.1 Å². The maximum Gasteiger partial charge on any atom is 0.242 e. The second-order valence-corrected chi connectivity index (χ2v) is 7.83. The molecule has 1 N–H and O–H groups in total. The molecule has 0 heterocycles. The number of nitrogens with zero attached hydrogens (tertiary/aromatic N) is 1.